The molecule has 2 heterocycles. The minimum atomic E-state index is -0.859. The van der Waals surface area contributed by atoms with Crippen LogP contribution in [0.2, 0.25) is 0 Å². The van der Waals surface area contributed by atoms with Crippen molar-refractivity contribution in [3.8, 4) is 16.3 Å². The Hall–Kier alpha value is -3.39. The van der Waals surface area contributed by atoms with E-state index in [4.69, 9.17) is 4.74 Å². The van der Waals surface area contributed by atoms with E-state index in [0.29, 0.717) is 11.8 Å². The molecule has 1 amide bonds. The second-order valence-electron chi connectivity index (χ2n) is 5.84. The lowest BCUT2D eigenvalue weighted by molar-refractivity contribution is -0.118. The lowest BCUT2D eigenvalue weighted by Gasteiger charge is -2.08. The van der Waals surface area contributed by atoms with Gasteiger partial charge < -0.3 is 10.1 Å². The number of nitrogens with one attached hydrogen (secondary N) is 1. The summed E-state index contributed by atoms with van der Waals surface area (Å²) in [6.45, 7) is -0.395. The molecule has 0 radical (unpaired) electrons. The van der Waals surface area contributed by atoms with Crippen molar-refractivity contribution >= 4 is 33.3 Å². The first-order chi connectivity index (χ1) is 13.6. The minimum absolute atomic E-state index is 0.184. The normalized spacial score (nSPS) is 10.8. The maximum Gasteiger partial charge on any atom is 0.262 e. The molecule has 8 heteroatoms. The number of rotatable bonds is 5. The largest absolute Gasteiger partial charge is 0.481 e. The predicted octanol–water partition coefficient (Wildman–Crippen LogP) is 4.65. The van der Waals surface area contributed by atoms with Gasteiger partial charge in [-0.05, 0) is 48.5 Å². The number of halogens is 2. The van der Waals surface area contributed by atoms with E-state index in [0.717, 1.165) is 33.1 Å². The van der Waals surface area contributed by atoms with E-state index in [1.165, 1.54) is 11.3 Å². The summed E-state index contributed by atoms with van der Waals surface area (Å²) in [5, 5.41) is 3.49. The number of hydrogen-bond donors (Lipinski definition) is 1. The highest BCUT2D eigenvalue weighted by atomic mass is 32.1. The molecule has 1 N–H and O–H groups in total. The van der Waals surface area contributed by atoms with Crippen molar-refractivity contribution in [3.05, 3.63) is 72.4 Å². The Labute approximate surface area is 162 Å². The number of carbonyl (C=O) groups excluding carboxylic acids is 1. The van der Waals surface area contributed by atoms with Crippen LogP contribution >= 0.6 is 11.3 Å². The number of fused-ring (bicyclic) bond motifs is 1. The smallest absolute Gasteiger partial charge is 0.262 e. The zero-order chi connectivity index (χ0) is 19.5. The van der Waals surface area contributed by atoms with Gasteiger partial charge in [-0.15, -0.1) is 0 Å². The highest BCUT2D eigenvalue weighted by molar-refractivity contribution is 7.21. The molecule has 4 aromatic rings. The molecule has 2 aromatic carbocycles. The highest BCUT2D eigenvalue weighted by Crippen LogP contribution is 2.29. The van der Waals surface area contributed by atoms with Crippen LogP contribution in [0.3, 0.4) is 0 Å². The molecule has 0 fully saturated rings. The molecule has 0 bridgehead atoms. The summed E-state index contributed by atoms with van der Waals surface area (Å²) < 4.78 is 31.5. The fraction of sp³-hybridized carbons (Fsp3) is 0.0500. The van der Waals surface area contributed by atoms with Crippen molar-refractivity contribution in [3.63, 3.8) is 0 Å². The summed E-state index contributed by atoms with van der Waals surface area (Å²) in [5.41, 5.74) is 2.31. The fourth-order valence-corrected chi connectivity index (χ4v) is 3.43. The molecular formula is C20H13F2N3O2S. The highest BCUT2D eigenvalue weighted by Gasteiger charge is 2.10. The number of aromatic nitrogens is 2. The van der Waals surface area contributed by atoms with E-state index in [2.05, 4.69) is 15.3 Å². The summed E-state index contributed by atoms with van der Waals surface area (Å²) in [6.07, 6.45) is 1.73. The van der Waals surface area contributed by atoms with E-state index in [1.54, 1.807) is 18.3 Å². The first kappa shape index (κ1) is 18.0. The summed E-state index contributed by atoms with van der Waals surface area (Å²) in [6, 6.07) is 13.8. The van der Waals surface area contributed by atoms with Crippen LogP contribution in [0, 0.1) is 11.6 Å². The second kappa shape index (κ2) is 7.69. The van der Waals surface area contributed by atoms with Gasteiger partial charge in [-0.2, -0.15) is 0 Å². The summed E-state index contributed by atoms with van der Waals surface area (Å²) in [5.74, 6) is -2.21. The number of benzene rings is 2. The topological polar surface area (TPSA) is 64.1 Å². The van der Waals surface area contributed by atoms with Gasteiger partial charge in [-0.3, -0.25) is 4.79 Å². The molecule has 4 rings (SSSR count). The summed E-state index contributed by atoms with van der Waals surface area (Å²) in [4.78, 5) is 21.7. The van der Waals surface area contributed by atoms with Crippen LogP contribution < -0.4 is 10.1 Å². The molecule has 0 spiro atoms. The number of carbonyl (C=O) groups is 1. The molecule has 140 valence electrons. The minimum Gasteiger partial charge on any atom is -0.481 e. The number of pyridine rings is 1. The molecule has 0 saturated heterocycles. The molecule has 2 aromatic heterocycles. The number of thiazole rings is 1. The predicted molar refractivity (Wildman–Crippen MR) is 103 cm³/mol. The first-order valence-corrected chi connectivity index (χ1v) is 9.10. The molecule has 28 heavy (non-hydrogen) atoms. The van der Waals surface area contributed by atoms with Gasteiger partial charge >= 0.3 is 0 Å². The zero-order valence-electron chi connectivity index (χ0n) is 14.4. The maximum absolute atomic E-state index is 13.5. The molecule has 0 aliphatic heterocycles. The van der Waals surface area contributed by atoms with Crippen LogP contribution in [0.25, 0.3) is 20.9 Å². The Morgan fingerprint density at radius 3 is 2.68 bits per heavy atom. The fourth-order valence-electron chi connectivity index (χ4n) is 2.52. The first-order valence-electron chi connectivity index (χ1n) is 8.28. The Kier molecular flexibility index (Phi) is 4.94. The number of anilines is 1. The third-order valence-corrected chi connectivity index (χ3v) is 4.86. The molecule has 0 saturated carbocycles. The average Bonchev–Trinajstić information content (AvgIpc) is 3.12. The Balaban J connectivity index is 1.39. The standard InChI is InChI=1S/C20H13F2N3O2S/c21-13-5-8-17(15(22)10-13)27-11-18(26)24-14-6-3-12(4-7-14)19-25-16-2-1-9-23-20(16)28-19/h1-10H,11H2,(H,24,26). The number of ether oxygens (including phenoxy) is 1. The number of nitrogens with zero attached hydrogens (tertiary/aromatic N) is 2. The van der Waals surface area contributed by atoms with Crippen molar-refractivity contribution in [1.29, 1.82) is 0 Å². The van der Waals surface area contributed by atoms with Crippen molar-refractivity contribution in [2.45, 2.75) is 0 Å². The van der Waals surface area contributed by atoms with Crippen molar-refractivity contribution in [2.24, 2.45) is 0 Å². The molecule has 5 nitrogen and oxygen atoms in total. The van der Waals surface area contributed by atoms with E-state index in [-0.39, 0.29) is 5.75 Å². The third kappa shape index (κ3) is 3.96. The van der Waals surface area contributed by atoms with Gasteiger partial charge in [0.1, 0.15) is 21.2 Å². The Morgan fingerprint density at radius 2 is 1.93 bits per heavy atom. The molecule has 0 aliphatic carbocycles. The summed E-state index contributed by atoms with van der Waals surface area (Å²) in [7, 11) is 0. The van der Waals surface area contributed by atoms with Gasteiger partial charge in [0, 0.05) is 23.5 Å². The van der Waals surface area contributed by atoms with Gasteiger partial charge in [-0.1, -0.05) is 11.3 Å². The quantitative estimate of drug-likeness (QED) is 0.532. The molecule has 0 aliphatic rings. The van der Waals surface area contributed by atoms with Gasteiger partial charge in [0.15, 0.2) is 18.2 Å². The molecule has 0 unspecified atom stereocenters. The number of amides is 1. The zero-order valence-corrected chi connectivity index (χ0v) is 15.2. The monoisotopic (exact) mass is 397 g/mol. The maximum atomic E-state index is 13.5. The lowest BCUT2D eigenvalue weighted by Crippen LogP contribution is -2.20. The third-order valence-electron chi connectivity index (χ3n) is 3.83. The van der Waals surface area contributed by atoms with Crippen molar-refractivity contribution in [1.82, 2.24) is 9.97 Å². The van der Waals surface area contributed by atoms with Crippen LogP contribution in [0.5, 0.6) is 5.75 Å². The van der Waals surface area contributed by atoms with E-state index >= 15 is 0 Å². The molecule has 0 atom stereocenters. The van der Waals surface area contributed by atoms with Gasteiger partial charge in [0.05, 0.1) is 0 Å². The number of hydrogen-bond acceptors (Lipinski definition) is 5. The van der Waals surface area contributed by atoms with Crippen LogP contribution in [-0.4, -0.2) is 22.5 Å². The summed E-state index contributed by atoms with van der Waals surface area (Å²) >= 11 is 1.49. The lowest BCUT2D eigenvalue weighted by atomic mass is 10.2. The van der Waals surface area contributed by atoms with Crippen LogP contribution in [0.4, 0.5) is 14.5 Å². The van der Waals surface area contributed by atoms with Gasteiger partial charge in [0.25, 0.3) is 5.91 Å². The Morgan fingerprint density at radius 1 is 1.11 bits per heavy atom. The molecular weight excluding hydrogens is 384 g/mol. The second-order valence-corrected chi connectivity index (χ2v) is 6.81. The van der Waals surface area contributed by atoms with E-state index in [1.807, 2.05) is 24.3 Å². The van der Waals surface area contributed by atoms with Crippen LogP contribution in [0.1, 0.15) is 0 Å². The van der Waals surface area contributed by atoms with Gasteiger partial charge in [0.2, 0.25) is 0 Å². The van der Waals surface area contributed by atoms with Crippen LogP contribution in [-0.2, 0) is 4.79 Å². The van der Waals surface area contributed by atoms with E-state index < -0.39 is 24.1 Å². The van der Waals surface area contributed by atoms with Gasteiger partial charge in [-0.25, -0.2) is 18.7 Å². The van der Waals surface area contributed by atoms with Crippen molar-refractivity contribution < 1.29 is 18.3 Å². The van der Waals surface area contributed by atoms with E-state index in [9.17, 15) is 13.6 Å². The SMILES string of the molecule is O=C(COc1ccc(F)cc1F)Nc1ccc(-c2nc3cccnc3s2)cc1. The van der Waals surface area contributed by atoms with Crippen molar-refractivity contribution in [2.75, 3.05) is 11.9 Å². The Bertz CT molecular complexity index is 1110. The average molecular weight is 397 g/mol. The van der Waals surface area contributed by atoms with Crippen LogP contribution in [0.15, 0.2) is 60.8 Å².